The fourth-order valence-electron chi connectivity index (χ4n) is 5.11. The van der Waals surface area contributed by atoms with Gasteiger partial charge in [0.05, 0.1) is 20.3 Å². The van der Waals surface area contributed by atoms with Gasteiger partial charge in [0.25, 0.3) is 0 Å². The summed E-state index contributed by atoms with van der Waals surface area (Å²) in [6.45, 7) is 3.67. The molecule has 0 aliphatic carbocycles. The van der Waals surface area contributed by atoms with E-state index in [1.807, 2.05) is 6.07 Å². The van der Waals surface area contributed by atoms with Crippen molar-refractivity contribution in [1.82, 2.24) is 10.2 Å². The van der Waals surface area contributed by atoms with Gasteiger partial charge in [-0.15, -0.1) is 12.4 Å². The number of likely N-dealkylation sites (tertiary alicyclic amines) is 1. The highest BCUT2D eigenvalue weighted by atomic mass is 35.5. The largest absolute Gasteiger partial charge is 0.508 e. The van der Waals surface area contributed by atoms with Crippen LogP contribution in [-0.2, 0) is 30.9 Å². The zero-order chi connectivity index (χ0) is 34.7. The number of nitrogens with zero attached hydrogens (tertiary/aromatic N) is 1. The molecule has 3 aromatic rings. The Morgan fingerprint density at radius 1 is 0.792 bits per heavy atom. The predicted octanol–water partition coefficient (Wildman–Crippen LogP) is 4.85. The summed E-state index contributed by atoms with van der Waals surface area (Å²) >= 11 is 0. The number of carbonyl (C=O) groups is 1. The van der Waals surface area contributed by atoms with Crippen LogP contribution < -0.4 is 5.32 Å². The molecule has 2 aliphatic rings. The van der Waals surface area contributed by atoms with Crippen LogP contribution in [0.25, 0.3) is 0 Å². The Morgan fingerprint density at radius 2 is 1.29 bits per heavy atom. The Bertz CT molecular complexity index is 1640. The summed E-state index contributed by atoms with van der Waals surface area (Å²) < 4.78 is 81.2. The van der Waals surface area contributed by atoms with E-state index in [0.29, 0.717) is 30.8 Å². The second kappa shape index (κ2) is 18.4. The van der Waals surface area contributed by atoms with Crippen LogP contribution in [-0.4, -0.2) is 92.4 Å². The predicted molar refractivity (Wildman–Crippen MR) is 177 cm³/mol. The first kappa shape index (κ1) is 40.8. The molecule has 0 amide bonds. The number of aromatic hydroxyl groups is 2. The number of aliphatic carboxylic acids is 1. The molecule has 2 atom stereocenters. The van der Waals surface area contributed by atoms with Gasteiger partial charge in [0, 0.05) is 13.1 Å². The summed E-state index contributed by atoms with van der Waals surface area (Å²) in [4.78, 5) is 11.7. The molecular formula is C32H40ClF3N2O8S2. The van der Waals surface area contributed by atoms with Gasteiger partial charge in [0.2, 0.25) is 0 Å². The van der Waals surface area contributed by atoms with Gasteiger partial charge >= 0.3 is 12.1 Å². The molecule has 2 aliphatic heterocycles. The average molecular weight is 737 g/mol. The maximum absolute atomic E-state index is 12.7. The van der Waals surface area contributed by atoms with E-state index in [-0.39, 0.29) is 39.3 Å². The van der Waals surface area contributed by atoms with Gasteiger partial charge in [-0.05, 0) is 106 Å². The average Bonchev–Trinajstić information content (AvgIpc) is 3.75. The minimum absolute atomic E-state index is 0. The van der Waals surface area contributed by atoms with Gasteiger partial charge in [-0.25, -0.2) is 21.6 Å². The SMILES string of the molecule is Cl.O=C(O)C(F)(F)F.O=S(=O)(c1ccc(O)cc1)C1CCN(CCCCc2ccccc2)C1.O=S(=O)(c1ccc(O)cc1)C1CCNC1. The lowest BCUT2D eigenvalue weighted by atomic mass is 10.1. The van der Waals surface area contributed by atoms with Gasteiger partial charge in [0.1, 0.15) is 11.5 Å². The number of sulfone groups is 2. The number of phenols is 2. The second-order valence-corrected chi connectivity index (χ2v) is 15.6. The molecule has 2 unspecified atom stereocenters. The zero-order valence-electron chi connectivity index (χ0n) is 25.9. The number of nitrogens with one attached hydrogen (secondary N) is 1. The Morgan fingerprint density at radius 3 is 1.75 bits per heavy atom. The first-order valence-corrected chi connectivity index (χ1v) is 18.0. The first-order chi connectivity index (χ1) is 22.1. The van der Waals surface area contributed by atoms with E-state index in [1.165, 1.54) is 54.1 Å². The van der Waals surface area contributed by atoms with E-state index in [9.17, 15) is 35.1 Å². The van der Waals surface area contributed by atoms with Crippen molar-refractivity contribution >= 4 is 38.1 Å². The number of rotatable bonds is 9. The van der Waals surface area contributed by atoms with Gasteiger partial charge < -0.3 is 25.5 Å². The van der Waals surface area contributed by atoms with Crippen molar-refractivity contribution in [3.63, 3.8) is 0 Å². The molecule has 2 heterocycles. The molecule has 0 bridgehead atoms. The number of alkyl halides is 3. The smallest absolute Gasteiger partial charge is 0.490 e. The van der Waals surface area contributed by atoms with E-state index < -0.39 is 31.8 Å². The van der Waals surface area contributed by atoms with Crippen molar-refractivity contribution < 1.29 is 50.1 Å². The van der Waals surface area contributed by atoms with Crippen molar-refractivity contribution in [1.29, 1.82) is 0 Å². The van der Waals surface area contributed by atoms with E-state index in [2.05, 4.69) is 34.5 Å². The molecule has 266 valence electrons. The van der Waals surface area contributed by atoms with E-state index >= 15 is 0 Å². The Balaban J connectivity index is 0.000000295. The van der Waals surface area contributed by atoms with Gasteiger partial charge in [0.15, 0.2) is 19.7 Å². The molecule has 16 heteroatoms. The summed E-state index contributed by atoms with van der Waals surface area (Å²) in [6.07, 6.45) is -0.466. The van der Waals surface area contributed by atoms with Crippen LogP contribution >= 0.6 is 12.4 Å². The number of benzene rings is 3. The molecule has 3 aromatic carbocycles. The summed E-state index contributed by atoms with van der Waals surface area (Å²) in [6, 6.07) is 22.0. The quantitative estimate of drug-likeness (QED) is 0.224. The van der Waals surface area contributed by atoms with E-state index in [4.69, 9.17) is 15.0 Å². The highest BCUT2D eigenvalue weighted by molar-refractivity contribution is 7.92. The number of hydrogen-bond donors (Lipinski definition) is 4. The van der Waals surface area contributed by atoms with E-state index in [0.717, 1.165) is 38.9 Å². The lowest BCUT2D eigenvalue weighted by Crippen LogP contribution is -2.27. The number of unbranched alkanes of at least 4 members (excludes halogenated alkanes) is 1. The zero-order valence-corrected chi connectivity index (χ0v) is 28.4. The van der Waals surface area contributed by atoms with Crippen molar-refractivity contribution in [3.8, 4) is 11.5 Å². The Hall–Kier alpha value is -3.37. The minimum Gasteiger partial charge on any atom is -0.508 e. The molecule has 0 aromatic heterocycles. The molecule has 0 saturated carbocycles. The van der Waals surface area contributed by atoms with E-state index in [1.54, 1.807) is 0 Å². The standard InChI is InChI=1S/C20H25NO3S.C10H13NO3S.C2HF3O2.ClH/c22-18-9-11-19(12-10-18)25(23,24)20-13-15-21(16-20)14-5-4-8-17-6-2-1-3-7-17;12-8-1-3-9(4-2-8)15(13,14)10-5-6-11-7-10;3-2(4,5)1(6)7;/h1-3,6-7,9-12,20,22H,4-5,8,13-16H2;1-4,10-12H,5-7H2;(H,6,7);1H. The fourth-order valence-corrected chi connectivity index (χ4v) is 8.50. The Kier molecular flexibility index (Phi) is 15.6. The molecule has 48 heavy (non-hydrogen) atoms. The van der Waals surface area contributed by atoms with Crippen LogP contribution in [0.2, 0.25) is 0 Å². The number of carboxylic acids is 1. The van der Waals surface area contributed by atoms with Gasteiger partial charge in [-0.1, -0.05) is 30.3 Å². The number of aryl methyl sites for hydroxylation is 1. The van der Waals surface area contributed by atoms with Crippen LogP contribution in [0.4, 0.5) is 13.2 Å². The number of halogens is 4. The van der Waals surface area contributed by atoms with Gasteiger partial charge in [-0.3, -0.25) is 0 Å². The monoisotopic (exact) mass is 736 g/mol. The van der Waals surface area contributed by atoms with Gasteiger partial charge in [-0.2, -0.15) is 13.2 Å². The van der Waals surface area contributed by atoms with Crippen LogP contribution in [0.1, 0.15) is 31.2 Å². The lowest BCUT2D eigenvalue weighted by molar-refractivity contribution is -0.192. The topological polar surface area (TPSA) is 161 Å². The fraction of sp³-hybridized carbons (Fsp3) is 0.406. The van der Waals surface area contributed by atoms with Crippen molar-refractivity contribution in [2.24, 2.45) is 0 Å². The normalized spacial score (nSPS) is 18.1. The minimum atomic E-state index is -5.08. The van der Waals surface area contributed by atoms with Crippen molar-refractivity contribution in [2.75, 3.05) is 32.7 Å². The molecule has 4 N–H and O–H groups in total. The molecule has 10 nitrogen and oxygen atoms in total. The molecule has 5 rings (SSSR count). The maximum atomic E-state index is 12.7. The van der Waals surface area contributed by atoms with Crippen molar-refractivity contribution in [2.45, 2.75) is 58.6 Å². The number of phenolic OH excluding ortho intramolecular Hbond substituents is 2. The highest BCUT2D eigenvalue weighted by Gasteiger charge is 2.38. The van der Waals surface area contributed by atoms with Crippen LogP contribution in [0.5, 0.6) is 11.5 Å². The molecule has 0 radical (unpaired) electrons. The second-order valence-electron chi connectivity index (χ2n) is 11.1. The highest BCUT2D eigenvalue weighted by Crippen LogP contribution is 2.26. The molecule has 2 fully saturated rings. The summed E-state index contributed by atoms with van der Waals surface area (Å²) in [7, 11) is -6.54. The molecular weight excluding hydrogens is 697 g/mol. The summed E-state index contributed by atoms with van der Waals surface area (Å²) in [5, 5.41) is 27.9. The number of carboxylic acid groups (broad SMARTS) is 1. The van der Waals surface area contributed by atoms with Crippen LogP contribution in [0.3, 0.4) is 0 Å². The van der Waals surface area contributed by atoms with Crippen molar-refractivity contribution in [3.05, 3.63) is 84.4 Å². The maximum Gasteiger partial charge on any atom is 0.490 e. The summed E-state index contributed by atoms with van der Waals surface area (Å²) in [5.74, 6) is -2.59. The third-order valence-corrected chi connectivity index (χ3v) is 12.1. The van der Waals surface area contributed by atoms with Crippen LogP contribution in [0, 0.1) is 0 Å². The molecule has 0 spiro atoms. The third kappa shape index (κ3) is 12.3. The number of hydrogen-bond acceptors (Lipinski definition) is 9. The lowest BCUT2D eigenvalue weighted by Gasteiger charge is -2.16. The molecule has 2 saturated heterocycles. The Labute approximate surface area is 284 Å². The van der Waals surface area contributed by atoms with Crippen LogP contribution in [0.15, 0.2) is 88.7 Å². The third-order valence-electron chi connectivity index (χ3n) is 7.73. The first-order valence-electron chi connectivity index (χ1n) is 14.9. The summed E-state index contributed by atoms with van der Waals surface area (Å²) in [5.41, 5.74) is 1.36.